The van der Waals surface area contributed by atoms with Crippen molar-refractivity contribution in [1.29, 1.82) is 5.26 Å². The molecule has 1 saturated carbocycles. The Hall–Kier alpha value is -1.64. The molecule has 3 heteroatoms. The molecule has 2 nitrogen and oxygen atoms in total. The summed E-state index contributed by atoms with van der Waals surface area (Å²) in [5.74, 6) is 3.36. The number of terminal acetylenes is 1. The van der Waals surface area contributed by atoms with Crippen molar-refractivity contribution >= 4 is 17.3 Å². The van der Waals surface area contributed by atoms with Gasteiger partial charge in [0.25, 0.3) is 0 Å². The lowest BCUT2D eigenvalue weighted by Gasteiger charge is -2.23. The van der Waals surface area contributed by atoms with Crippen molar-refractivity contribution in [1.82, 2.24) is 0 Å². The van der Waals surface area contributed by atoms with Gasteiger partial charge in [0.2, 0.25) is 0 Å². The van der Waals surface area contributed by atoms with Crippen molar-refractivity contribution in [3.8, 4) is 18.4 Å². The van der Waals surface area contributed by atoms with E-state index in [1.807, 2.05) is 6.07 Å². The van der Waals surface area contributed by atoms with Gasteiger partial charge in [-0.25, -0.2) is 0 Å². The van der Waals surface area contributed by atoms with E-state index < -0.39 is 0 Å². The van der Waals surface area contributed by atoms with E-state index >= 15 is 0 Å². The van der Waals surface area contributed by atoms with Crippen LogP contribution in [0.1, 0.15) is 18.4 Å². The zero-order valence-electron chi connectivity index (χ0n) is 9.49. The van der Waals surface area contributed by atoms with Crippen LogP contribution in [0.5, 0.6) is 0 Å². The van der Waals surface area contributed by atoms with E-state index in [1.54, 1.807) is 12.1 Å². The lowest BCUT2D eigenvalue weighted by Crippen LogP contribution is -2.26. The number of nitrogens with zero attached hydrogens (tertiary/aromatic N) is 2. The zero-order chi connectivity index (χ0) is 12.3. The summed E-state index contributed by atoms with van der Waals surface area (Å²) in [4.78, 5) is 2.07. The molecule has 0 atom stereocenters. The first-order valence-corrected chi connectivity index (χ1v) is 6.00. The Labute approximate surface area is 107 Å². The van der Waals surface area contributed by atoms with Gasteiger partial charge < -0.3 is 4.90 Å². The molecule has 0 heterocycles. The first-order chi connectivity index (χ1) is 8.24. The molecule has 1 aliphatic carbocycles. The van der Waals surface area contributed by atoms with Crippen LogP contribution in [0.2, 0.25) is 5.02 Å². The number of rotatable bonds is 4. The number of halogens is 1. The van der Waals surface area contributed by atoms with Crippen LogP contribution in [0.25, 0.3) is 0 Å². The van der Waals surface area contributed by atoms with Crippen LogP contribution in [0.3, 0.4) is 0 Å². The van der Waals surface area contributed by atoms with Crippen molar-refractivity contribution in [2.75, 3.05) is 18.0 Å². The molecule has 0 radical (unpaired) electrons. The van der Waals surface area contributed by atoms with Crippen LogP contribution in [0.15, 0.2) is 18.2 Å². The third kappa shape index (κ3) is 2.93. The molecule has 1 fully saturated rings. The van der Waals surface area contributed by atoms with Crippen LogP contribution in [0, 0.1) is 29.6 Å². The highest BCUT2D eigenvalue weighted by atomic mass is 35.5. The quantitative estimate of drug-likeness (QED) is 0.762. The predicted octanol–water partition coefficient (Wildman–Crippen LogP) is 3.06. The van der Waals surface area contributed by atoms with Crippen LogP contribution in [-0.4, -0.2) is 13.1 Å². The highest BCUT2D eigenvalue weighted by molar-refractivity contribution is 6.30. The maximum absolute atomic E-state index is 9.10. The molecule has 0 unspecified atom stereocenters. The van der Waals surface area contributed by atoms with Crippen LogP contribution in [-0.2, 0) is 0 Å². The van der Waals surface area contributed by atoms with E-state index in [0.29, 0.717) is 23.0 Å². The molecule has 1 aliphatic rings. The molecule has 0 aliphatic heterocycles. The van der Waals surface area contributed by atoms with Gasteiger partial charge >= 0.3 is 0 Å². The van der Waals surface area contributed by atoms with E-state index in [4.69, 9.17) is 23.3 Å². The Morgan fingerprint density at radius 3 is 2.82 bits per heavy atom. The number of benzene rings is 1. The fourth-order valence-corrected chi connectivity index (χ4v) is 2.00. The van der Waals surface area contributed by atoms with Crippen molar-refractivity contribution in [2.45, 2.75) is 12.8 Å². The topological polar surface area (TPSA) is 27.0 Å². The first-order valence-electron chi connectivity index (χ1n) is 5.62. The van der Waals surface area contributed by atoms with Gasteiger partial charge in [-0.3, -0.25) is 0 Å². The monoisotopic (exact) mass is 244 g/mol. The molecule has 0 aromatic heterocycles. The Morgan fingerprint density at radius 2 is 2.24 bits per heavy atom. The number of nitriles is 1. The predicted molar refractivity (Wildman–Crippen MR) is 69.9 cm³/mol. The third-order valence-corrected chi connectivity index (χ3v) is 3.11. The smallest absolute Gasteiger partial charge is 0.101 e. The molecule has 0 saturated heterocycles. The Bertz CT molecular complexity index is 492. The SMILES string of the molecule is C#CCN(CC1CC1)c1cc(Cl)ccc1C#N. The van der Waals surface area contributed by atoms with Gasteiger partial charge in [-0.05, 0) is 37.0 Å². The molecule has 1 aromatic carbocycles. The van der Waals surface area contributed by atoms with Gasteiger partial charge in [0.1, 0.15) is 6.07 Å². The first kappa shape index (κ1) is 11.8. The summed E-state index contributed by atoms with van der Waals surface area (Å²) in [5.41, 5.74) is 1.48. The number of anilines is 1. The Morgan fingerprint density at radius 1 is 1.47 bits per heavy atom. The average Bonchev–Trinajstić information content (AvgIpc) is 3.12. The van der Waals surface area contributed by atoms with Crippen molar-refractivity contribution in [2.24, 2.45) is 5.92 Å². The third-order valence-electron chi connectivity index (χ3n) is 2.88. The van der Waals surface area contributed by atoms with Gasteiger partial charge in [0.05, 0.1) is 17.8 Å². The molecular weight excluding hydrogens is 232 g/mol. The lowest BCUT2D eigenvalue weighted by molar-refractivity contribution is 0.764. The second-order valence-corrected chi connectivity index (χ2v) is 4.74. The summed E-state index contributed by atoms with van der Waals surface area (Å²) in [6.07, 6.45) is 7.89. The summed E-state index contributed by atoms with van der Waals surface area (Å²) in [6.45, 7) is 1.44. The van der Waals surface area contributed by atoms with Crippen molar-refractivity contribution in [3.63, 3.8) is 0 Å². The fourth-order valence-electron chi connectivity index (χ4n) is 1.83. The zero-order valence-corrected chi connectivity index (χ0v) is 10.2. The minimum Gasteiger partial charge on any atom is -0.359 e. The molecular formula is C14H13ClN2. The summed E-state index contributed by atoms with van der Waals surface area (Å²) in [7, 11) is 0. The minimum absolute atomic E-state index is 0.519. The van der Waals surface area contributed by atoms with Crippen molar-refractivity contribution in [3.05, 3.63) is 28.8 Å². The molecule has 0 bridgehead atoms. The number of hydrogen-bond donors (Lipinski definition) is 0. The summed E-state index contributed by atoms with van der Waals surface area (Å²) in [6, 6.07) is 7.48. The molecule has 0 N–H and O–H groups in total. The summed E-state index contributed by atoms with van der Waals surface area (Å²) in [5, 5.41) is 9.74. The summed E-state index contributed by atoms with van der Waals surface area (Å²) < 4.78 is 0. The highest BCUT2D eigenvalue weighted by Crippen LogP contribution is 2.33. The average molecular weight is 245 g/mol. The van der Waals surface area contributed by atoms with Gasteiger partial charge in [-0.15, -0.1) is 6.42 Å². The Balaban J connectivity index is 2.30. The molecule has 86 valence electrons. The maximum Gasteiger partial charge on any atom is 0.101 e. The van der Waals surface area contributed by atoms with Crippen LogP contribution >= 0.6 is 11.6 Å². The summed E-state index contributed by atoms with van der Waals surface area (Å²) >= 11 is 5.98. The fraction of sp³-hybridized carbons (Fsp3) is 0.357. The molecule has 1 aromatic rings. The second kappa shape index (κ2) is 5.13. The highest BCUT2D eigenvalue weighted by Gasteiger charge is 2.25. The van der Waals surface area contributed by atoms with Gasteiger partial charge in [-0.2, -0.15) is 5.26 Å². The second-order valence-electron chi connectivity index (χ2n) is 4.30. The van der Waals surface area contributed by atoms with E-state index in [0.717, 1.165) is 12.2 Å². The standard InChI is InChI=1S/C14H13ClN2/c1-2-7-17(10-11-3-4-11)14-8-13(15)6-5-12(14)9-16/h1,5-6,8,11H,3-4,7,10H2. The Kier molecular flexibility index (Phi) is 3.57. The molecule has 0 spiro atoms. The van der Waals surface area contributed by atoms with E-state index in [-0.39, 0.29) is 0 Å². The number of hydrogen-bond acceptors (Lipinski definition) is 2. The van der Waals surface area contributed by atoms with Gasteiger partial charge in [0.15, 0.2) is 0 Å². The molecule has 2 rings (SSSR count). The van der Waals surface area contributed by atoms with E-state index in [2.05, 4.69) is 16.9 Å². The van der Waals surface area contributed by atoms with E-state index in [9.17, 15) is 0 Å². The molecule has 17 heavy (non-hydrogen) atoms. The molecule has 0 amide bonds. The van der Waals surface area contributed by atoms with Crippen LogP contribution < -0.4 is 4.90 Å². The van der Waals surface area contributed by atoms with Crippen molar-refractivity contribution < 1.29 is 0 Å². The maximum atomic E-state index is 9.10. The van der Waals surface area contributed by atoms with E-state index in [1.165, 1.54) is 12.8 Å². The van der Waals surface area contributed by atoms with Gasteiger partial charge in [0, 0.05) is 11.6 Å². The van der Waals surface area contributed by atoms with Gasteiger partial charge in [-0.1, -0.05) is 17.5 Å². The minimum atomic E-state index is 0.519. The largest absolute Gasteiger partial charge is 0.359 e. The normalized spacial score (nSPS) is 13.8. The van der Waals surface area contributed by atoms with Crippen LogP contribution in [0.4, 0.5) is 5.69 Å². The lowest BCUT2D eigenvalue weighted by atomic mass is 10.1.